The van der Waals surface area contributed by atoms with Gasteiger partial charge in [-0.25, -0.2) is 0 Å². The van der Waals surface area contributed by atoms with E-state index in [0.717, 1.165) is 13.6 Å². The van der Waals surface area contributed by atoms with E-state index in [4.69, 9.17) is 9.84 Å². The first kappa shape index (κ1) is 10.3. The number of hydrogen-bond donors (Lipinski definition) is 1. The monoisotopic (exact) mass is 342 g/mol. The summed E-state index contributed by atoms with van der Waals surface area (Å²) < 4.78 is 7.11. The molecular weight excluding hydrogens is 335 g/mol. The van der Waals surface area contributed by atoms with Gasteiger partial charge in [0.15, 0.2) is 0 Å². The van der Waals surface area contributed by atoms with Gasteiger partial charge in [0.05, 0.1) is 18.2 Å². The molecule has 0 fully saturated rings. The van der Waals surface area contributed by atoms with Gasteiger partial charge in [-0.1, -0.05) is 6.07 Å². The Morgan fingerprint density at radius 3 is 2.75 bits per heavy atom. The predicted octanol–water partition coefficient (Wildman–Crippen LogP) is 2.55. The first-order valence-electron chi connectivity index (χ1n) is 3.32. The minimum absolute atomic E-state index is 0.00130. The molecule has 12 heavy (non-hydrogen) atoms. The van der Waals surface area contributed by atoms with Crippen LogP contribution in [0.15, 0.2) is 16.6 Å². The van der Waals surface area contributed by atoms with Gasteiger partial charge >= 0.3 is 0 Å². The highest BCUT2D eigenvalue weighted by Crippen LogP contribution is 2.33. The van der Waals surface area contributed by atoms with Crippen molar-refractivity contribution in [1.29, 1.82) is 0 Å². The number of aliphatic hydroxyl groups excluding tert-OH is 1. The summed E-state index contributed by atoms with van der Waals surface area (Å²) in [5.74, 6) is 0.712. The Bertz CT molecular complexity index is 289. The summed E-state index contributed by atoms with van der Waals surface area (Å²) >= 11 is 5.59. The van der Waals surface area contributed by atoms with Gasteiger partial charge in [-0.2, -0.15) is 0 Å². The van der Waals surface area contributed by atoms with Gasteiger partial charge in [0.25, 0.3) is 0 Å². The molecule has 0 aliphatic rings. The molecule has 1 aromatic carbocycles. The third-order valence-corrected chi connectivity index (χ3v) is 3.93. The van der Waals surface area contributed by atoms with Crippen LogP contribution in [0.4, 0.5) is 0 Å². The van der Waals surface area contributed by atoms with Crippen LogP contribution in [0.5, 0.6) is 5.75 Å². The van der Waals surface area contributed by atoms with Gasteiger partial charge < -0.3 is 9.84 Å². The largest absolute Gasteiger partial charge is 0.495 e. The highest BCUT2D eigenvalue weighted by molar-refractivity contribution is 14.1. The SMILES string of the molecule is COc1c(CO)ccc(I)c1Br. The number of rotatable bonds is 2. The molecule has 0 radical (unpaired) electrons. The second-order valence-electron chi connectivity index (χ2n) is 2.21. The molecule has 2 nitrogen and oxygen atoms in total. The third-order valence-electron chi connectivity index (χ3n) is 1.51. The molecule has 1 aromatic rings. The normalized spacial score (nSPS) is 10.0. The van der Waals surface area contributed by atoms with Crippen molar-refractivity contribution in [3.63, 3.8) is 0 Å². The average molecular weight is 343 g/mol. The molecule has 0 aromatic heterocycles. The van der Waals surface area contributed by atoms with Crippen molar-refractivity contribution < 1.29 is 9.84 Å². The van der Waals surface area contributed by atoms with E-state index >= 15 is 0 Å². The fourth-order valence-corrected chi connectivity index (χ4v) is 1.89. The molecule has 0 saturated heterocycles. The van der Waals surface area contributed by atoms with Crippen molar-refractivity contribution in [3.05, 3.63) is 25.7 Å². The van der Waals surface area contributed by atoms with E-state index in [2.05, 4.69) is 38.5 Å². The molecule has 0 aliphatic carbocycles. The van der Waals surface area contributed by atoms with E-state index in [1.165, 1.54) is 0 Å². The van der Waals surface area contributed by atoms with Crippen LogP contribution >= 0.6 is 38.5 Å². The van der Waals surface area contributed by atoms with E-state index < -0.39 is 0 Å². The molecule has 0 atom stereocenters. The second kappa shape index (κ2) is 4.43. The highest BCUT2D eigenvalue weighted by atomic mass is 127. The van der Waals surface area contributed by atoms with Crippen LogP contribution in [0.1, 0.15) is 5.56 Å². The summed E-state index contributed by atoms with van der Waals surface area (Å²) in [6.45, 7) is -0.00130. The van der Waals surface area contributed by atoms with E-state index in [1.54, 1.807) is 7.11 Å². The summed E-state index contributed by atoms with van der Waals surface area (Å²) in [7, 11) is 1.59. The molecule has 0 amide bonds. The van der Waals surface area contributed by atoms with Gasteiger partial charge in [-0.3, -0.25) is 0 Å². The number of methoxy groups -OCH3 is 1. The minimum Gasteiger partial charge on any atom is -0.495 e. The zero-order valence-electron chi connectivity index (χ0n) is 6.47. The first-order valence-corrected chi connectivity index (χ1v) is 5.19. The van der Waals surface area contributed by atoms with E-state index in [1.807, 2.05) is 12.1 Å². The number of hydrogen-bond acceptors (Lipinski definition) is 2. The highest BCUT2D eigenvalue weighted by Gasteiger charge is 2.08. The average Bonchev–Trinajstić information content (AvgIpc) is 2.09. The lowest BCUT2D eigenvalue weighted by Gasteiger charge is -2.09. The molecule has 0 bridgehead atoms. The second-order valence-corrected chi connectivity index (χ2v) is 4.17. The van der Waals surface area contributed by atoms with Gasteiger partial charge in [0, 0.05) is 9.13 Å². The van der Waals surface area contributed by atoms with Crippen LogP contribution in [0.25, 0.3) is 0 Å². The molecule has 1 rings (SSSR count). The first-order chi connectivity index (χ1) is 5.70. The Hall–Kier alpha value is 0.190. The summed E-state index contributed by atoms with van der Waals surface area (Å²) in [4.78, 5) is 0. The topological polar surface area (TPSA) is 29.5 Å². The molecule has 0 spiro atoms. The summed E-state index contributed by atoms with van der Waals surface area (Å²) in [5, 5.41) is 8.96. The Morgan fingerprint density at radius 2 is 2.25 bits per heavy atom. The lowest BCUT2D eigenvalue weighted by atomic mass is 10.2. The van der Waals surface area contributed by atoms with Crippen molar-refractivity contribution in [2.75, 3.05) is 7.11 Å². The van der Waals surface area contributed by atoms with Crippen molar-refractivity contribution >= 4 is 38.5 Å². The fourth-order valence-electron chi connectivity index (χ4n) is 0.917. The molecule has 1 N–H and O–H groups in total. The Balaban J connectivity index is 3.25. The Labute approximate surface area is 93.2 Å². The lowest BCUT2D eigenvalue weighted by Crippen LogP contribution is -1.94. The molecule has 0 aliphatic heterocycles. The van der Waals surface area contributed by atoms with Gasteiger partial charge in [0.1, 0.15) is 5.75 Å². The molecule has 0 saturated carbocycles. The molecule has 4 heteroatoms. The number of halogens is 2. The molecule has 66 valence electrons. The number of aliphatic hydroxyl groups is 1. The van der Waals surface area contributed by atoms with Crippen LogP contribution in [0.3, 0.4) is 0 Å². The smallest absolute Gasteiger partial charge is 0.139 e. The summed E-state index contributed by atoms with van der Waals surface area (Å²) in [6.07, 6.45) is 0. The van der Waals surface area contributed by atoms with Gasteiger partial charge in [-0.05, 0) is 44.6 Å². The van der Waals surface area contributed by atoms with Crippen molar-refractivity contribution in [3.8, 4) is 5.75 Å². The van der Waals surface area contributed by atoms with Crippen LogP contribution in [0, 0.1) is 3.57 Å². The Kier molecular flexibility index (Phi) is 3.79. The van der Waals surface area contributed by atoms with Crippen molar-refractivity contribution in [2.45, 2.75) is 6.61 Å². The van der Waals surface area contributed by atoms with Crippen molar-refractivity contribution in [1.82, 2.24) is 0 Å². The maximum atomic E-state index is 8.96. The molecule has 0 heterocycles. The molecule has 0 unspecified atom stereocenters. The number of benzene rings is 1. The van der Waals surface area contributed by atoms with Crippen LogP contribution < -0.4 is 4.74 Å². The zero-order valence-corrected chi connectivity index (χ0v) is 10.2. The quantitative estimate of drug-likeness (QED) is 0.837. The minimum atomic E-state index is -0.00130. The lowest BCUT2D eigenvalue weighted by molar-refractivity contribution is 0.273. The van der Waals surface area contributed by atoms with Gasteiger partial charge in [0.2, 0.25) is 0 Å². The maximum absolute atomic E-state index is 8.96. The van der Waals surface area contributed by atoms with Crippen LogP contribution in [-0.2, 0) is 6.61 Å². The van der Waals surface area contributed by atoms with E-state index in [9.17, 15) is 0 Å². The molecular formula is C8H8BrIO2. The Morgan fingerprint density at radius 1 is 1.58 bits per heavy atom. The zero-order chi connectivity index (χ0) is 9.14. The summed E-state index contributed by atoms with van der Waals surface area (Å²) in [6, 6.07) is 3.78. The predicted molar refractivity (Wildman–Crippen MR) is 59.3 cm³/mol. The maximum Gasteiger partial charge on any atom is 0.139 e. The van der Waals surface area contributed by atoms with Crippen LogP contribution in [0.2, 0.25) is 0 Å². The summed E-state index contributed by atoms with van der Waals surface area (Å²) in [5.41, 5.74) is 0.796. The van der Waals surface area contributed by atoms with Gasteiger partial charge in [-0.15, -0.1) is 0 Å². The third kappa shape index (κ3) is 1.92. The fraction of sp³-hybridized carbons (Fsp3) is 0.250. The standard InChI is InChI=1S/C8H8BrIO2/c1-12-8-5(4-11)2-3-6(10)7(8)9/h2-3,11H,4H2,1H3. The van der Waals surface area contributed by atoms with Crippen molar-refractivity contribution in [2.24, 2.45) is 0 Å². The van der Waals surface area contributed by atoms with E-state index in [-0.39, 0.29) is 6.61 Å². The van der Waals surface area contributed by atoms with Crippen LogP contribution in [-0.4, -0.2) is 12.2 Å². The van der Waals surface area contributed by atoms with E-state index in [0.29, 0.717) is 5.75 Å². The number of ether oxygens (including phenoxy) is 1.